The number of rotatable bonds is 7. The molecule has 0 bridgehead atoms. The number of hydrogen-bond acceptors (Lipinski definition) is 6. The Kier molecular flexibility index (Phi) is 5.31. The van der Waals surface area contributed by atoms with Crippen molar-refractivity contribution >= 4 is 5.95 Å². The molecule has 1 aromatic rings. The SMILES string of the molecule is CCCCCCOc1nc(N)nc(OC)n1. The fourth-order valence-corrected chi connectivity index (χ4v) is 1.20. The lowest BCUT2D eigenvalue weighted by Crippen LogP contribution is -2.06. The van der Waals surface area contributed by atoms with Crippen molar-refractivity contribution in [3.63, 3.8) is 0 Å². The van der Waals surface area contributed by atoms with Crippen LogP contribution in [0.3, 0.4) is 0 Å². The molecule has 2 N–H and O–H groups in total. The van der Waals surface area contributed by atoms with Gasteiger partial charge in [0.05, 0.1) is 13.7 Å². The minimum Gasteiger partial charge on any atom is -0.467 e. The summed E-state index contributed by atoms with van der Waals surface area (Å²) >= 11 is 0. The molecule has 0 aliphatic carbocycles. The fraction of sp³-hybridized carbons (Fsp3) is 0.700. The largest absolute Gasteiger partial charge is 0.467 e. The molecule has 0 spiro atoms. The van der Waals surface area contributed by atoms with Crippen molar-refractivity contribution in [2.45, 2.75) is 32.6 Å². The summed E-state index contributed by atoms with van der Waals surface area (Å²) in [6, 6.07) is 0.400. The maximum absolute atomic E-state index is 5.46. The molecule has 0 aliphatic heterocycles. The highest BCUT2D eigenvalue weighted by molar-refractivity contribution is 5.20. The van der Waals surface area contributed by atoms with E-state index in [0.29, 0.717) is 6.61 Å². The van der Waals surface area contributed by atoms with Crippen LogP contribution in [-0.2, 0) is 0 Å². The standard InChI is InChI=1S/C10H18N4O2/c1-3-4-5-6-7-16-10-13-8(11)12-9(14-10)15-2/h3-7H2,1-2H3,(H2,11,12,13,14). The third-order valence-electron chi connectivity index (χ3n) is 2.02. The van der Waals surface area contributed by atoms with E-state index in [1.165, 1.54) is 20.0 Å². The zero-order valence-corrected chi connectivity index (χ0v) is 9.77. The smallest absolute Gasteiger partial charge is 0.324 e. The molecule has 1 heterocycles. The molecule has 0 saturated carbocycles. The summed E-state index contributed by atoms with van der Waals surface area (Å²) in [5.41, 5.74) is 5.46. The van der Waals surface area contributed by atoms with Crippen molar-refractivity contribution in [1.29, 1.82) is 0 Å². The third kappa shape index (κ3) is 4.29. The summed E-state index contributed by atoms with van der Waals surface area (Å²) in [4.78, 5) is 11.5. The number of nitrogens with two attached hydrogens (primary N) is 1. The van der Waals surface area contributed by atoms with Crippen molar-refractivity contribution in [2.24, 2.45) is 0 Å². The molecule has 90 valence electrons. The Morgan fingerprint density at radius 1 is 1.06 bits per heavy atom. The molecule has 0 atom stereocenters. The Labute approximate surface area is 95.2 Å². The topological polar surface area (TPSA) is 83.2 Å². The number of methoxy groups -OCH3 is 1. The molecule has 6 heteroatoms. The van der Waals surface area contributed by atoms with Gasteiger partial charge in [-0.05, 0) is 6.42 Å². The average molecular weight is 226 g/mol. The van der Waals surface area contributed by atoms with E-state index < -0.39 is 0 Å². The maximum Gasteiger partial charge on any atom is 0.324 e. The van der Waals surface area contributed by atoms with Crippen LogP contribution in [0.1, 0.15) is 32.6 Å². The Morgan fingerprint density at radius 3 is 2.50 bits per heavy atom. The van der Waals surface area contributed by atoms with Gasteiger partial charge in [-0.25, -0.2) is 0 Å². The van der Waals surface area contributed by atoms with Gasteiger partial charge in [-0.2, -0.15) is 9.97 Å². The highest BCUT2D eigenvalue weighted by Crippen LogP contribution is 2.10. The molecule has 0 amide bonds. The number of ether oxygens (including phenoxy) is 2. The molecule has 1 aromatic heterocycles. The fourth-order valence-electron chi connectivity index (χ4n) is 1.20. The van der Waals surface area contributed by atoms with Crippen LogP contribution >= 0.6 is 0 Å². The van der Waals surface area contributed by atoms with Gasteiger partial charge >= 0.3 is 12.0 Å². The highest BCUT2D eigenvalue weighted by Gasteiger charge is 2.04. The number of nitrogens with zero attached hydrogens (tertiary/aromatic N) is 3. The second kappa shape index (κ2) is 6.81. The van der Waals surface area contributed by atoms with Crippen molar-refractivity contribution in [3.05, 3.63) is 0 Å². The second-order valence-corrected chi connectivity index (χ2v) is 3.37. The van der Waals surface area contributed by atoms with Crippen LogP contribution in [0.15, 0.2) is 0 Å². The van der Waals surface area contributed by atoms with E-state index >= 15 is 0 Å². The van der Waals surface area contributed by atoms with Crippen LogP contribution in [0.25, 0.3) is 0 Å². The first-order valence-electron chi connectivity index (χ1n) is 5.44. The molecule has 0 unspecified atom stereocenters. The normalized spacial score (nSPS) is 10.1. The lowest BCUT2D eigenvalue weighted by atomic mass is 10.2. The van der Waals surface area contributed by atoms with Crippen molar-refractivity contribution in [1.82, 2.24) is 15.0 Å². The van der Waals surface area contributed by atoms with Gasteiger partial charge in [0.15, 0.2) is 0 Å². The second-order valence-electron chi connectivity index (χ2n) is 3.37. The third-order valence-corrected chi connectivity index (χ3v) is 2.02. The highest BCUT2D eigenvalue weighted by atomic mass is 16.5. The van der Waals surface area contributed by atoms with Gasteiger partial charge in [-0.3, -0.25) is 0 Å². The molecule has 0 radical (unpaired) electrons. The zero-order valence-electron chi connectivity index (χ0n) is 9.77. The lowest BCUT2D eigenvalue weighted by Gasteiger charge is -2.05. The Morgan fingerprint density at radius 2 is 1.81 bits per heavy atom. The zero-order chi connectivity index (χ0) is 11.8. The van der Waals surface area contributed by atoms with Crippen molar-refractivity contribution in [3.8, 4) is 12.0 Å². The van der Waals surface area contributed by atoms with Crippen molar-refractivity contribution in [2.75, 3.05) is 19.5 Å². The predicted molar refractivity (Wildman–Crippen MR) is 60.4 cm³/mol. The summed E-state index contributed by atoms with van der Waals surface area (Å²) < 4.78 is 10.2. The first-order valence-corrected chi connectivity index (χ1v) is 5.44. The van der Waals surface area contributed by atoms with Crippen LogP contribution in [0.2, 0.25) is 0 Å². The van der Waals surface area contributed by atoms with Crippen LogP contribution in [0.5, 0.6) is 12.0 Å². The van der Waals surface area contributed by atoms with Gasteiger partial charge in [-0.15, -0.1) is 4.98 Å². The van der Waals surface area contributed by atoms with E-state index in [2.05, 4.69) is 21.9 Å². The van der Waals surface area contributed by atoms with Gasteiger partial charge < -0.3 is 15.2 Å². The summed E-state index contributed by atoms with van der Waals surface area (Å²) in [6.45, 7) is 2.75. The van der Waals surface area contributed by atoms with E-state index in [-0.39, 0.29) is 18.0 Å². The summed E-state index contributed by atoms with van der Waals surface area (Å²) in [7, 11) is 1.47. The summed E-state index contributed by atoms with van der Waals surface area (Å²) in [5.74, 6) is 0.107. The Hall–Kier alpha value is -1.59. The Bertz CT molecular complexity index is 320. The van der Waals surface area contributed by atoms with E-state index in [1.54, 1.807) is 0 Å². The predicted octanol–water partition coefficient (Wildman–Crippen LogP) is 1.42. The van der Waals surface area contributed by atoms with Crippen LogP contribution in [0, 0.1) is 0 Å². The van der Waals surface area contributed by atoms with Crippen LogP contribution in [0.4, 0.5) is 5.95 Å². The molecule has 6 nitrogen and oxygen atoms in total. The van der Waals surface area contributed by atoms with Gasteiger partial charge in [0.25, 0.3) is 0 Å². The molecular formula is C10H18N4O2. The van der Waals surface area contributed by atoms with Crippen LogP contribution in [-0.4, -0.2) is 28.7 Å². The monoisotopic (exact) mass is 226 g/mol. The number of anilines is 1. The molecule has 0 aromatic carbocycles. The van der Waals surface area contributed by atoms with Gasteiger partial charge in [0, 0.05) is 0 Å². The molecule has 0 fully saturated rings. The first kappa shape index (κ1) is 12.5. The van der Waals surface area contributed by atoms with E-state index in [0.717, 1.165) is 12.8 Å². The van der Waals surface area contributed by atoms with Gasteiger partial charge in [-0.1, -0.05) is 26.2 Å². The van der Waals surface area contributed by atoms with E-state index in [9.17, 15) is 0 Å². The van der Waals surface area contributed by atoms with Gasteiger partial charge in [0.1, 0.15) is 0 Å². The number of aromatic nitrogens is 3. The summed E-state index contributed by atoms with van der Waals surface area (Å²) in [6.07, 6.45) is 4.55. The van der Waals surface area contributed by atoms with Crippen LogP contribution < -0.4 is 15.2 Å². The molecule has 0 aliphatic rings. The van der Waals surface area contributed by atoms with Gasteiger partial charge in [0.2, 0.25) is 5.95 Å². The minimum absolute atomic E-state index is 0.107. The maximum atomic E-state index is 5.46. The first-order chi connectivity index (χ1) is 7.76. The van der Waals surface area contributed by atoms with E-state index in [4.69, 9.17) is 15.2 Å². The quantitative estimate of drug-likeness (QED) is 0.708. The number of hydrogen-bond donors (Lipinski definition) is 1. The molecule has 0 saturated heterocycles. The van der Waals surface area contributed by atoms with E-state index in [1.807, 2.05) is 0 Å². The van der Waals surface area contributed by atoms with Crippen molar-refractivity contribution < 1.29 is 9.47 Å². The number of nitrogen functional groups attached to an aromatic ring is 1. The molecule has 16 heavy (non-hydrogen) atoms. The minimum atomic E-state index is 0.107. The number of unbranched alkanes of at least 4 members (excludes halogenated alkanes) is 3. The lowest BCUT2D eigenvalue weighted by molar-refractivity contribution is 0.272. The summed E-state index contributed by atoms with van der Waals surface area (Å²) in [5, 5.41) is 0. The average Bonchev–Trinajstić information content (AvgIpc) is 2.28. The molecule has 1 rings (SSSR count). The molecular weight excluding hydrogens is 208 g/mol. The Balaban J connectivity index is 2.38.